The van der Waals surface area contributed by atoms with Crippen LogP contribution in [-0.2, 0) is 16.0 Å². The Hall–Kier alpha value is -3.34. The van der Waals surface area contributed by atoms with E-state index in [1.807, 2.05) is 24.3 Å². The summed E-state index contributed by atoms with van der Waals surface area (Å²) in [5.41, 5.74) is 6.06. The molecule has 2 aromatic rings. The number of hydrogen-bond acceptors (Lipinski definition) is 5. The number of nitrogens with zero attached hydrogens (tertiary/aromatic N) is 1. The Balaban J connectivity index is 1.60. The molecule has 2 aliphatic carbocycles. The molecule has 5 rings (SSSR count). The number of hydrogen-bond donors (Lipinski definition) is 0. The van der Waals surface area contributed by atoms with Crippen molar-refractivity contribution in [3.05, 3.63) is 82.2 Å². The van der Waals surface area contributed by atoms with Crippen molar-refractivity contribution in [1.82, 2.24) is 4.90 Å². The van der Waals surface area contributed by atoms with Crippen molar-refractivity contribution in [1.29, 1.82) is 0 Å². The maximum absolute atomic E-state index is 13.5. The van der Waals surface area contributed by atoms with Crippen molar-refractivity contribution in [3.8, 4) is 11.5 Å². The molecule has 0 saturated heterocycles. The molecule has 0 fully saturated rings. The summed E-state index contributed by atoms with van der Waals surface area (Å²) in [6.07, 6.45) is 6.30. The zero-order chi connectivity index (χ0) is 25.1. The average Bonchev–Trinajstić information content (AvgIpc) is 2.91. The third-order valence-electron chi connectivity index (χ3n) is 7.54. The molecule has 3 aliphatic rings. The van der Waals surface area contributed by atoms with Gasteiger partial charge in [-0.05, 0) is 61.8 Å². The molecule has 5 nitrogen and oxygen atoms in total. The fourth-order valence-corrected chi connectivity index (χ4v) is 5.90. The number of Topliss-reactive ketones (excluding diaryl/α,β-unsaturated/α-hetero) is 2. The van der Waals surface area contributed by atoms with Crippen molar-refractivity contribution in [2.45, 2.75) is 64.2 Å². The first kappa shape index (κ1) is 24.4. The Labute approximate surface area is 213 Å². The van der Waals surface area contributed by atoms with Crippen LogP contribution in [0.1, 0.15) is 68.9 Å². The first-order valence-electron chi connectivity index (χ1n) is 13.3. The van der Waals surface area contributed by atoms with Gasteiger partial charge in [-0.15, -0.1) is 0 Å². The van der Waals surface area contributed by atoms with Gasteiger partial charge in [-0.3, -0.25) is 9.59 Å². The minimum absolute atomic E-state index is 0.168. The second kappa shape index (κ2) is 10.7. The average molecular weight is 486 g/mol. The van der Waals surface area contributed by atoms with Gasteiger partial charge < -0.3 is 14.4 Å². The van der Waals surface area contributed by atoms with Crippen LogP contribution < -0.4 is 9.47 Å². The molecule has 2 aromatic carbocycles. The topological polar surface area (TPSA) is 55.8 Å². The lowest BCUT2D eigenvalue weighted by Gasteiger charge is -2.44. The predicted molar refractivity (Wildman–Crippen MR) is 140 cm³/mol. The number of carbonyl (C=O) groups excluding carboxylic acids is 2. The van der Waals surface area contributed by atoms with Crippen LogP contribution in [0.3, 0.4) is 0 Å². The largest absolute Gasteiger partial charge is 0.493 e. The van der Waals surface area contributed by atoms with Crippen LogP contribution in [0.4, 0.5) is 0 Å². The number of rotatable bonds is 8. The van der Waals surface area contributed by atoms with E-state index in [9.17, 15) is 9.59 Å². The van der Waals surface area contributed by atoms with Gasteiger partial charge in [0.1, 0.15) is 0 Å². The quantitative estimate of drug-likeness (QED) is 0.450. The summed E-state index contributed by atoms with van der Waals surface area (Å²) in [5.74, 6) is 1.33. The third-order valence-corrected chi connectivity index (χ3v) is 7.54. The van der Waals surface area contributed by atoms with Gasteiger partial charge in [-0.2, -0.15) is 0 Å². The minimum Gasteiger partial charge on any atom is -0.493 e. The van der Waals surface area contributed by atoms with E-state index in [4.69, 9.17) is 9.47 Å². The first-order valence-corrected chi connectivity index (χ1v) is 13.3. The van der Waals surface area contributed by atoms with Crippen LogP contribution >= 0.6 is 0 Å². The number of carbonyl (C=O) groups is 2. The molecule has 188 valence electrons. The summed E-state index contributed by atoms with van der Waals surface area (Å²) in [7, 11) is 1.64. The van der Waals surface area contributed by atoms with Crippen molar-refractivity contribution in [2.24, 2.45) is 0 Å². The zero-order valence-electron chi connectivity index (χ0n) is 21.3. The van der Waals surface area contributed by atoms with Gasteiger partial charge in [-0.25, -0.2) is 0 Å². The first-order chi connectivity index (χ1) is 17.6. The molecule has 0 unspecified atom stereocenters. The lowest BCUT2D eigenvalue weighted by Crippen LogP contribution is -2.39. The Morgan fingerprint density at radius 2 is 1.53 bits per heavy atom. The molecule has 1 heterocycles. The van der Waals surface area contributed by atoms with E-state index in [0.29, 0.717) is 30.9 Å². The molecule has 0 N–H and O–H groups in total. The molecule has 0 radical (unpaired) electrons. The molecule has 0 bridgehead atoms. The van der Waals surface area contributed by atoms with Crippen LogP contribution in [0, 0.1) is 0 Å². The second-order valence-corrected chi connectivity index (χ2v) is 9.85. The SMILES string of the molecule is CCCOc1ccc(C2C3=C(CCCC3=O)N(CCc3ccccc3)C3=C2C(=O)CCC3)cc1OC. The Morgan fingerprint density at radius 1 is 0.861 bits per heavy atom. The van der Waals surface area contributed by atoms with Gasteiger partial charge in [0.15, 0.2) is 23.1 Å². The summed E-state index contributed by atoms with van der Waals surface area (Å²) in [6.45, 7) is 3.46. The molecule has 0 spiro atoms. The molecule has 0 saturated carbocycles. The van der Waals surface area contributed by atoms with Crippen molar-refractivity contribution in [3.63, 3.8) is 0 Å². The third kappa shape index (κ3) is 4.59. The standard InChI is InChI=1S/C31H35NO4/c1-3-19-36-27-16-15-22(20-28(27)35-2)29-30-23(11-7-13-25(30)33)32(18-17-21-9-5-4-6-10-21)24-12-8-14-26(34)31(24)29/h4-6,9-10,15-16,20,29H,3,7-8,11-14,17-19H2,1-2H3. The number of allylic oxidation sites excluding steroid dienone is 4. The molecular formula is C31H35NO4. The van der Waals surface area contributed by atoms with Crippen LogP contribution in [0.15, 0.2) is 71.1 Å². The number of methoxy groups -OCH3 is 1. The van der Waals surface area contributed by atoms with Crippen LogP contribution in [0.2, 0.25) is 0 Å². The molecule has 36 heavy (non-hydrogen) atoms. The van der Waals surface area contributed by atoms with Gasteiger partial charge in [0.05, 0.1) is 13.7 Å². The van der Waals surface area contributed by atoms with E-state index in [2.05, 4.69) is 36.1 Å². The summed E-state index contributed by atoms with van der Waals surface area (Å²) in [5, 5.41) is 0. The van der Waals surface area contributed by atoms with Crippen LogP contribution in [0.25, 0.3) is 0 Å². The Morgan fingerprint density at radius 3 is 2.14 bits per heavy atom. The van der Waals surface area contributed by atoms with Crippen LogP contribution in [0.5, 0.6) is 11.5 Å². The smallest absolute Gasteiger partial charge is 0.161 e. The van der Waals surface area contributed by atoms with Crippen molar-refractivity contribution in [2.75, 3.05) is 20.3 Å². The van der Waals surface area contributed by atoms with Gasteiger partial charge in [0.2, 0.25) is 0 Å². The highest BCUT2D eigenvalue weighted by Crippen LogP contribution is 2.50. The van der Waals surface area contributed by atoms with Crippen molar-refractivity contribution < 1.29 is 19.1 Å². The molecule has 1 aliphatic heterocycles. The van der Waals surface area contributed by atoms with Gasteiger partial charge >= 0.3 is 0 Å². The highest BCUT2D eigenvalue weighted by molar-refractivity contribution is 6.06. The maximum atomic E-state index is 13.5. The van der Waals surface area contributed by atoms with Gasteiger partial charge in [0.25, 0.3) is 0 Å². The lowest BCUT2D eigenvalue weighted by atomic mass is 9.71. The highest BCUT2D eigenvalue weighted by atomic mass is 16.5. The highest BCUT2D eigenvalue weighted by Gasteiger charge is 2.43. The lowest BCUT2D eigenvalue weighted by molar-refractivity contribution is -0.117. The van der Waals surface area contributed by atoms with E-state index < -0.39 is 0 Å². The Bertz CT molecular complexity index is 1170. The predicted octanol–water partition coefficient (Wildman–Crippen LogP) is 6.14. The molecule has 0 aromatic heterocycles. The minimum atomic E-state index is -0.335. The zero-order valence-corrected chi connectivity index (χ0v) is 21.3. The van der Waals surface area contributed by atoms with Crippen LogP contribution in [-0.4, -0.2) is 36.7 Å². The normalized spacial score (nSPS) is 18.3. The van der Waals surface area contributed by atoms with E-state index in [-0.39, 0.29) is 17.5 Å². The molecule has 0 amide bonds. The summed E-state index contributed by atoms with van der Waals surface area (Å²) < 4.78 is 11.5. The maximum Gasteiger partial charge on any atom is 0.161 e. The number of ether oxygens (including phenoxy) is 2. The summed E-state index contributed by atoms with van der Waals surface area (Å²) in [4.78, 5) is 29.3. The fraction of sp³-hybridized carbons (Fsp3) is 0.419. The number of ketones is 2. The fourth-order valence-electron chi connectivity index (χ4n) is 5.90. The van der Waals surface area contributed by atoms with Crippen molar-refractivity contribution >= 4 is 11.6 Å². The molecular weight excluding hydrogens is 450 g/mol. The van der Waals surface area contributed by atoms with E-state index in [1.165, 1.54) is 5.56 Å². The monoisotopic (exact) mass is 485 g/mol. The van der Waals surface area contributed by atoms with Gasteiger partial charge in [-0.1, -0.05) is 43.3 Å². The number of benzene rings is 2. The Kier molecular flexibility index (Phi) is 7.26. The summed E-state index contributed by atoms with van der Waals surface area (Å²) >= 11 is 0. The summed E-state index contributed by atoms with van der Waals surface area (Å²) in [6, 6.07) is 16.3. The van der Waals surface area contributed by atoms with Gasteiger partial charge in [0, 0.05) is 47.8 Å². The van der Waals surface area contributed by atoms with E-state index in [1.54, 1.807) is 7.11 Å². The second-order valence-electron chi connectivity index (χ2n) is 9.85. The molecule has 5 heteroatoms. The molecule has 0 atom stereocenters. The van der Waals surface area contributed by atoms with E-state index >= 15 is 0 Å². The van der Waals surface area contributed by atoms with E-state index in [0.717, 1.165) is 73.2 Å².